The van der Waals surface area contributed by atoms with Crippen LogP contribution in [0.25, 0.3) is 0 Å². The smallest absolute Gasteiger partial charge is 0.326 e. The van der Waals surface area contributed by atoms with Crippen molar-refractivity contribution < 1.29 is 14.7 Å². The number of carboxylic acid groups (broad SMARTS) is 1. The molecule has 0 spiro atoms. The number of piperidine rings is 1. The fraction of sp³-hybridized carbons (Fsp3) is 0.500. The molecular formula is C16H20ClNO3. The van der Waals surface area contributed by atoms with Gasteiger partial charge in [-0.1, -0.05) is 36.7 Å². The van der Waals surface area contributed by atoms with Crippen molar-refractivity contribution in [1.29, 1.82) is 0 Å². The van der Waals surface area contributed by atoms with Crippen molar-refractivity contribution in [2.24, 2.45) is 5.92 Å². The van der Waals surface area contributed by atoms with E-state index in [4.69, 9.17) is 11.6 Å². The summed E-state index contributed by atoms with van der Waals surface area (Å²) in [6.45, 7) is 2.36. The van der Waals surface area contributed by atoms with Crippen LogP contribution in [0, 0.1) is 5.92 Å². The second kappa shape index (κ2) is 6.94. The predicted octanol–water partition coefficient (Wildman–Crippen LogP) is 2.98. The van der Waals surface area contributed by atoms with E-state index in [9.17, 15) is 14.7 Å². The summed E-state index contributed by atoms with van der Waals surface area (Å²) in [5.74, 6) is -1.28. The first-order valence-corrected chi connectivity index (χ1v) is 7.65. The molecule has 1 N–H and O–H groups in total. The van der Waals surface area contributed by atoms with E-state index in [1.807, 2.05) is 25.1 Å². The van der Waals surface area contributed by atoms with Gasteiger partial charge in [0, 0.05) is 17.5 Å². The molecule has 4 nitrogen and oxygen atoms in total. The van der Waals surface area contributed by atoms with Gasteiger partial charge in [0.2, 0.25) is 5.91 Å². The molecule has 0 bridgehead atoms. The SMILES string of the molecule is CC(Cc1ccccc1Cl)C(=O)N1CCCC[C@@H]1C(=O)O. The third-order valence-electron chi connectivity index (χ3n) is 3.98. The number of benzene rings is 1. The molecule has 1 aliphatic heterocycles. The molecule has 1 saturated heterocycles. The summed E-state index contributed by atoms with van der Waals surface area (Å²) in [6, 6.07) is 6.76. The van der Waals surface area contributed by atoms with Crippen molar-refractivity contribution in [1.82, 2.24) is 4.90 Å². The van der Waals surface area contributed by atoms with Crippen LogP contribution in [0.5, 0.6) is 0 Å². The van der Waals surface area contributed by atoms with Crippen LogP contribution in [0.2, 0.25) is 5.02 Å². The lowest BCUT2D eigenvalue weighted by molar-refractivity contribution is -0.153. The van der Waals surface area contributed by atoms with Gasteiger partial charge in [-0.3, -0.25) is 4.79 Å². The second-order valence-electron chi connectivity index (χ2n) is 5.58. The van der Waals surface area contributed by atoms with Crippen LogP contribution in [0.3, 0.4) is 0 Å². The third-order valence-corrected chi connectivity index (χ3v) is 4.35. The van der Waals surface area contributed by atoms with E-state index in [0.717, 1.165) is 18.4 Å². The number of nitrogens with zero attached hydrogens (tertiary/aromatic N) is 1. The molecule has 0 aliphatic carbocycles. The molecule has 1 unspecified atom stereocenters. The molecule has 0 saturated carbocycles. The van der Waals surface area contributed by atoms with E-state index in [1.165, 1.54) is 4.90 Å². The van der Waals surface area contributed by atoms with E-state index in [0.29, 0.717) is 24.4 Å². The monoisotopic (exact) mass is 309 g/mol. The van der Waals surface area contributed by atoms with E-state index in [1.54, 1.807) is 6.07 Å². The van der Waals surface area contributed by atoms with Gasteiger partial charge in [-0.05, 0) is 37.3 Å². The van der Waals surface area contributed by atoms with Gasteiger partial charge >= 0.3 is 5.97 Å². The Morgan fingerprint density at radius 1 is 1.38 bits per heavy atom. The van der Waals surface area contributed by atoms with Crippen LogP contribution in [0.15, 0.2) is 24.3 Å². The largest absolute Gasteiger partial charge is 0.480 e. The van der Waals surface area contributed by atoms with Gasteiger partial charge in [0.25, 0.3) is 0 Å². The van der Waals surface area contributed by atoms with E-state index in [-0.39, 0.29) is 11.8 Å². The molecule has 0 radical (unpaired) electrons. The predicted molar refractivity (Wildman–Crippen MR) is 81.3 cm³/mol. The summed E-state index contributed by atoms with van der Waals surface area (Å²) in [5, 5.41) is 9.90. The van der Waals surface area contributed by atoms with Gasteiger partial charge in [-0.15, -0.1) is 0 Å². The molecule has 2 rings (SSSR count). The summed E-state index contributed by atoms with van der Waals surface area (Å²) in [6.07, 6.45) is 2.80. The zero-order chi connectivity index (χ0) is 15.4. The Labute approximate surface area is 129 Å². The summed E-state index contributed by atoms with van der Waals surface area (Å²) >= 11 is 6.12. The third kappa shape index (κ3) is 3.76. The lowest BCUT2D eigenvalue weighted by atomic mass is 9.96. The second-order valence-corrected chi connectivity index (χ2v) is 5.99. The fourth-order valence-electron chi connectivity index (χ4n) is 2.82. The number of hydrogen-bond donors (Lipinski definition) is 1. The summed E-state index contributed by atoms with van der Waals surface area (Å²) in [7, 11) is 0. The number of likely N-dealkylation sites (tertiary alicyclic amines) is 1. The van der Waals surface area contributed by atoms with Gasteiger partial charge in [-0.2, -0.15) is 0 Å². The highest BCUT2D eigenvalue weighted by Crippen LogP contribution is 2.23. The Bertz CT molecular complexity index is 532. The Balaban J connectivity index is 2.07. The molecule has 114 valence electrons. The summed E-state index contributed by atoms with van der Waals surface area (Å²) in [5.41, 5.74) is 0.920. The molecule has 5 heteroatoms. The first-order valence-electron chi connectivity index (χ1n) is 7.27. The molecular weight excluding hydrogens is 290 g/mol. The summed E-state index contributed by atoms with van der Waals surface area (Å²) in [4.78, 5) is 25.4. The molecule has 1 heterocycles. The van der Waals surface area contributed by atoms with Crippen molar-refractivity contribution in [3.8, 4) is 0 Å². The van der Waals surface area contributed by atoms with Gasteiger partial charge in [-0.25, -0.2) is 4.79 Å². The summed E-state index contributed by atoms with van der Waals surface area (Å²) < 4.78 is 0. The van der Waals surface area contributed by atoms with Gasteiger partial charge in [0.05, 0.1) is 0 Å². The average molecular weight is 310 g/mol. The zero-order valence-corrected chi connectivity index (χ0v) is 12.8. The van der Waals surface area contributed by atoms with E-state index >= 15 is 0 Å². The van der Waals surface area contributed by atoms with Crippen molar-refractivity contribution in [2.45, 2.75) is 38.6 Å². The lowest BCUT2D eigenvalue weighted by Gasteiger charge is -2.34. The fourth-order valence-corrected chi connectivity index (χ4v) is 3.03. The number of aliphatic carboxylic acids is 1. The van der Waals surface area contributed by atoms with Crippen LogP contribution >= 0.6 is 11.6 Å². The quantitative estimate of drug-likeness (QED) is 0.930. The maximum Gasteiger partial charge on any atom is 0.326 e. The lowest BCUT2D eigenvalue weighted by Crippen LogP contribution is -2.50. The van der Waals surface area contributed by atoms with Crippen LogP contribution < -0.4 is 0 Å². The maximum absolute atomic E-state index is 12.5. The minimum Gasteiger partial charge on any atom is -0.480 e. The first kappa shape index (κ1) is 15.8. The molecule has 21 heavy (non-hydrogen) atoms. The minimum absolute atomic E-state index is 0.0954. The van der Waals surface area contributed by atoms with Gasteiger partial charge < -0.3 is 10.0 Å². The Morgan fingerprint density at radius 3 is 2.76 bits per heavy atom. The Kier molecular flexibility index (Phi) is 5.23. The topological polar surface area (TPSA) is 57.6 Å². The van der Waals surface area contributed by atoms with Crippen molar-refractivity contribution in [3.05, 3.63) is 34.9 Å². The number of rotatable bonds is 4. The van der Waals surface area contributed by atoms with Crippen LogP contribution in [-0.4, -0.2) is 34.5 Å². The Morgan fingerprint density at radius 2 is 2.10 bits per heavy atom. The molecule has 1 fully saturated rings. The maximum atomic E-state index is 12.5. The number of carboxylic acids is 1. The van der Waals surface area contributed by atoms with Crippen LogP contribution in [-0.2, 0) is 16.0 Å². The number of hydrogen-bond acceptors (Lipinski definition) is 2. The number of amides is 1. The Hall–Kier alpha value is -1.55. The van der Waals surface area contributed by atoms with Gasteiger partial charge in [0.1, 0.15) is 6.04 Å². The van der Waals surface area contributed by atoms with Crippen LogP contribution in [0.1, 0.15) is 31.7 Å². The van der Waals surface area contributed by atoms with Crippen LogP contribution in [0.4, 0.5) is 0 Å². The molecule has 0 aromatic heterocycles. The first-order chi connectivity index (χ1) is 10.0. The minimum atomic E-state index is -0.909. The molecule has 1 amide bonds. The highest BCUT2D eigenvalue weighted by molar-refractivity contribution is 6.31. The van der Waals surface area contributed by atoms with Gasteiger partial charge in [0.15, 0.2) is 0 Å². The van der Waals surface area contributed by atoms with Crippen molar-refractivity contribution >= 4 is 23.5 Å². The van der Waals surface area contributed by atoms with Crippen molar-refractivity contribution in [2.75, 3.05) is 6.54 Å². The molecule has 2 atom stereocenters. The van der Waals surface area contributed by atoms with Crippen molar-refractivity contribution in [3.63, 3.8) is 0 Å². The highest BCUT2D eigenvalue weighted by Gasteiger charge is 2.33. The standard InChI is InChI=1S/C16H20ClNO3/c1-11(10-12-6-2-3-7-13(12)17)15(19)18-9-5-4-8-14(18)16(20)21/h2-3,6-7,11,14H,4-5,8-10H2,1H3,(H,20,21)/t11?,14-/m1/s1. The zero-order valence-electron chi connectivity index (χ0n) is 12.1. The number of halogens is 1. The normalized spacial score (nSPS) is 20.1. The van der Waals surface area contributed by atoms with E-state index in [2.05, 4.69) is 0 Å². The average Bonchev–Trinajstić information content (AvgIpc) is 2.48. The molecule has 1 aliphatic rings. The van der Waals surface area contributed by atoms with E-state index < -0.39 is 12.0 Å². The molecule has 1 aromatic rings. The molecule has 1 aromatic carbocycles. The highest BCUT2D eigenvalue weighted by atomic mass is 35.5. The number of carbonyl (C=O) groups is 2. The number of carbonyl (C=O) groups excluding carboxylic acids is 1.